The fourth-order valence-electron chi connectivity index (χ4n) is 2.77. The van der Waals surface area contributed by atoms with Crippen LogP contribution in [0, 0.1) is 5.92 Å². The number of hydrogen-bond acceptors (Lipinski definition) is 2. The summed E-state index contributed by atoms with van der Waals surface area (Å²) in [6.07, 6.45) is 20.1. The van der Waals surface area contributed by atoms with E-state index in [1.54, 1.807) is 0 Å². The molecule has 0 aromatic rings. The zero-order valence-electron chi connectivity index (χ0n) is 15.3. The third kappa shape index (κ3) is 14.3. The normalized spacial score (nSPS) is 11.4. The molecule has 4 nitrogen and oxygen atoms in total. The van der Waals surface area contributed by atoms with Crippen LogP contribution in [0.5, 0.6) is 0 Å². The Morgan fingerprint density at radius 3 is 1.58 bits per heavy atom. The first-order valence-electron chi connectivity index (χ1n) is 9.70. The van der Waals surface area contributed by atoms with E-state index in [2.05, 4.69) is 19.1 Å². The van der Waals surface area contributed by atoms with Gasteiger partial charge in [-0.3, -0.25) is 9.59 Å². The lowest BCUT2D eigenvalue weighted by Gasteiger charge is -2.06. The quantitative estimate of drug-likeness (QED) is 0.199. The molecule has 0 heterocycles. The van der Waals surface area contributed by atoms with Crippen LogP contribution in [0.25, 0.3) is 0 Å². The molecular formula is C20H36O4. The van der Waals surface area contributed by atoms with Crippen LogP contribution in [0.3, 0.4) is 0 Å². The van der Waals surface area contributed by atoms with Crippen molar-refractivity contribution in [3.05, 3.63) is 12.2 Å². The molecule has 24 heavy (non-hydrogen) atoms. The first-order chi connectivity index (χ1) is 11.6. The van der Waals surface area contributed by atoms with Crippen LogP contribution in [-0.4, -0.2) is 22.2 Å². The number of carboxylic acids is 2. The molecule has 0 atom stereocenters. The number of carbonyl (C=O) groups is 2. The number of allylic oxidation sites excluding steroid dienone is 2. The smallest absolute Gasteiger partial charge is 0.317 e. The number of carboxylic acid groups (broad SMARTS) is 2. The SMILES string of the molecule is CCCCCCCC/C=C/CCCCCCCC(C(=O)O)C(=O)O. The van der Waals surface area contributed by atoms with Crippen LogP contribution in [0.15, 0.2) is 12.2 Å². The van der Waals surface area contributed by atoms with Crippen molar-refractivity contribution in [1.82, 2.24) is 0 Å². The maximum Gasteiger partial charge on any atom is 0.317 e. The summed E-state index contributed by atoms with van der Waals surface area (Å²) in [5, 5.41) is 17.5. The number of aliphatic carboxylic acids is 2. The maximum atomic E-state index is 10.7. The maximum absolute atomic E-state index is 10.7. The van der Waals surface area contributed by atoms with E-state index in [0.29, 0.717) is 6.42 Å². The Labute approximate surface area is 147 Å². The van der Waals surface area contributed by atoms with Crippen molar-refractivity contribution in [2.24, 2.45) is 5.92 Å². The molecule has 0 aromatic heterocycles. The Morgan fingerprint density at radius 2 is 1.12 bits per heavy atom. The minimum Gasteiger partial charge on any atom is -0.481 e. The van der Waals surface area contributed by atoms with E-state index >= 15 is 0 Å². The average molecular weight is 341 g/mol. The van der Waals surface area contributed by atoms with E-state index in [4.69, 9.17) is 10.2 Å². The third-order valence-corrected chi connectivity index (χ3v) is 4.35. The molecule has 4 heteroatoms. The molecule has 0 aliphatic heterocycles. The topological polar surface area (TPSA) is 74.6 Å². The van der Waals surface area contributed by atoms with Crippen molar-refractivity contribution >= 4 is 11.9 Å². The van der Waals surface area contributed by atoms with E-state index in [0.717, 1.165) is 32.1 Å². The van der Waals surface area contributed by atoms with E-state index in [1.807, 2.05) is 0 Å². The van der Waals surface area contributed by atoms with Crippen LogP contribution in [0.2, 0.25) is 0 Å². The Bertz CT molecular complexity index is 336. The number of unbranched alkanes of at least 4 members (excludes halogenated alkanes) is 11. The van der Waals surface area contributed by atoms with Gasteiger partial charge in [-0.05, 0) is 32.1 Å². The van der Waals surface area contributed by atoms with Crippen molar-refractivity contribution < 1.29 is 19.8 Å². The molecule has 0 fully saturated rings. The van der Waals surface area contributed by atoms with Gasteiger partial charge in [0.05, 0.1) is 0 Å². The molecular weight excluding hydrogens is 304 g/mol. The second kappa shape index (κ2) is 16.5. The first-order valence-corrected chi connectivity index (χ1v) is 9.70. The average Bonchev–Trinajstić information content (AvgIpc) is 2.53. The Kier molecular flexibility index (Phi) is 15.6. The third-order valence-electron chi connectivity index (χ3n) is 4.35. The molecule has 0 rings (SSSR count). The molecule has 2 N–H and O–H groups in total. The van der Waals surface area contributed by atoms with Gasteiger partial charge >= 0.3 is 11.9 Å². The van der Waals surface area contributed by atoms with Gasteiger partial charge in [-0.25, -0.2) is 0 Å². The van der Waals surface area contributed by atoms with E-state index < -0.39 is 17.9 Å². The number of hydrogen-bond donors (Lipinski definition) is 2. The summed E-state index contributed by atoms with van der Waals surface area (Å²) in [5.74, 6) is -3.69. The second-order valence-electron chi connectivity index (χ2n) is 6.60. The van der Waals surface area contributed by atoms with Crippen LogP contribution >= 0.6 is 0 Å². The summed E-state index contributed by atoms with van der Waals surface area (Å²) in [5.41, 5.74) is 0. The Hall–Kier alpha value is -1.32. The summed E-state index contributed by atoms with van der Waals surface area (Å²) in [6, 6.07) is 0. The fraction of sp³-hybridized carbons (Fsp3) is 0.800. The second-order valence-corrected chi connectivity index (χ2v) is 6.60. The largest absolute Gasteiger partial charge is 0.481 e. The van der Waals surface area contributed by atoms with Crippen LogP contribution in [-0.2, 0) is 9.59 Å². The molecule has 0 saturated carbocycles. The lowest BCUT2D eigenvalue weighted by atomic mass is 10.0. The van der Waals surface area contributed by atoms with Crippen molar-refractivity contribution in [1.29, 1.82) is 0 Å². The summed E-state index contributed by atoms with van der Waals surface area (Å²) in [6.45, 7) is 2.24. The molecule has 0 saturated heterocycles. The van der Waals surface area contributed by atoms with Crippen molar-refractivity contribution in [2.75, 3.05) is 0 Å². The first kappa shape index (κ1) is 22.7. The Morgan fingerprint density at radius 1 is 0.708 bits per heavy atom. The molecule has 0 aliphatic rings. The van der Waals surface area contributed by atoms with Gasteiger partial charge in [0.25, 0.3) is 0 Å². The monoisotopic (exact) mass is 340 g/mol. The van der Waals surface area contributed by atoms with E-state index in [-0.39, 0.29) is 6.42 Å². The summed E-state index contributed by atoms with van der Waals surface area (Å²) >= 11 is 0. The zero-order valence-corrected chi connectivity index (χ0v) is 15.3. The summed E-state index contributed by atoms with van der Waals surface area (Å²) in [7, 11) is 0. The van der Waals surface area contributed by atoms with Crippen LogP contribution in [0.1, 0.15) is 96.8 Å². The van der Waals surface area contributed by atoms with E-state index in [9.17, 15) is 9.59 Å². The van der Waals surface area contributed by atoms with Crippen molar-refractivity contribution in [3.8, 4) is 0 Å². The van der Waals surface area contributed by atoms with Gasteiger partial charge < -0.3 is 10.2 Å². The summed E-state index contributed by atoms with van der Waals surface area (Å²) < 4.78 is 0. The predicted octanol–water partition coefficient (Wildman–Crippen LogP) is 5.81. The van der Waals surface area contributed by atoms with Gasteiger partial charge in [0.1, 0.15) is 0 Å². The van der Waals surface area contributed by atoms with Crippen molar-refractivity contribution in [3.63, 3.8) is 0 Å². The van der Waals surface area contributed by atoms with E-state index in [1.165, 1.54) is 44.9 Å². The highest BCUT2D eigenvalue weighted by Gasteiger charge is 2.24. The zero-order chi connectivity index (χ0) is 18.0. The van der Waals surface area contributed by atoms with Gasteiger partial charge in [0, 0.05) is 0 Å². The molecule has 0 radical (unpaired) electrons. The minimum absolute atomic E-state index is 0.239. The molecule has 0 aliphatic carbocycles. The Balaban J connectivity index is 3.34. The highest BCUT2D eigenvalue weighted by atomic mass is 16.4. The molecule has 0 aromatic carbocycles. The van der Waals surface area contributed by atoms with Gasteiger partial charge in [0.15, 0.2) is 5.92 Å². The standard InChI is InChI=1S/C20H36O4/c1-2-3-4-5-6-7-8-9-10-11-12-13-14-15-16-17-18(19(21)22)20(23)24/h9-10,18H,2-8,11-17H2,1H3,(H,21,22)(H,23,24)/b10-9+. The highest BCUT2D eigenvalue weighted by Crippen LogP contribution is 2.13. The molecule has 0 spiro atoms. The molecule has 0 unspecified atom stereocenters. The van der Waals surface area contributed by atoms with Gasteiger partial charge in [-0.2, -0.15) is 0 Å². The molecule has 140 valence electrons. The van der Waals surface area contributed by atoms with Gasteiger partial charge in [0.2, 0.25) is 0 Å². The highest BCUT2D eigenvalue weighted by molar-refractivity contribution is 5.92. The van der Waals surface area contributed by atoms with Gasteiger partial charge in [-0.15, -0.1) is 0 Å². The lowest BCUT2D eigenvalue weighted by molar-refractivity contribution is -0.154. The molecule has 0 bridgehead atoms. The molecule has 0 amide bonds. The summed E-state index contributed by atoms with van der Waals surface area (Å²) in [4.78, 5) is 21.5. The predicted molar refractivity (Wildman–Crippen MR) is 98.2 cm³/mol. The minimum atomic E-state index is -1.24. The number of rotatable bonds is 17. The lowest BCUT2D eigenvalue weighted by Crippen LogP contribution is -2.23. The fourth-order valence-corrected chi connectivity index (χ4v) is 2.77. The van der Waals surface area contributed by atoms with Crippen LogP contribution < -0.4 is 0 Å². The van der Waals surface area contributed by atoms with Crippen LogP contribution in [0.4, 0.5) is 0 Å². The van der Waals surface area contributed by atoms with Crippen molar-refractivity contribution in [2.45, 2.75) is 96.8 Å². The van der Waals surface area contributed by atoms with Gasteiger partial charge in [-0.1, -0.05) is 76.9 Å².